The van der Waals surface area contributed by atoms with Gasteiger partial charge in [-0.2, -0.15) is 26.3 Å². The van der Waals surface area contributed by atoms with E-state index in [1.165, 1.54) is 0 Å². The lowest BCUT2D eigenvalue weighted by Gasteiger charge is -2.35. The van der Waals surface area contributed by atoms with Crippen LogP contribution in [0.3, 0.4) is 0 Å². The largest absolute Gasteiger partial charge is 0.476 e. The van der Waals surface area contributed by atoms with Gasteiger partial charge >= 0.3 is 12.4 Å². The van der Waals surface area contributed by atoms with E-state index < -0.39 is 47.5 Å². The fraction of sp³-hybridized carbons (Fsp3) is 0.348. The summed E-state index contributed by atoms with van der Waals surface area (Å²) in [6.45, 7) is 3.17. The molecule has 4 atom stereocenters. The fourth-order valence-corrected chi connectivity index (χ4v) is 8.55. The summed E-state index contributed by atoms with van der Waals surface area (Å²) in [6.07, 6.45) is -7.15. The maximum absolute atomic E-state index is 14.5. The predicted molar refractivity (Wildman–Crippen MR) is 235 cm³/mol. The van der Waals surface area contributed by atoms with Crippen LogP contribution < -0.4 is 35.2 Å². The third-order valence-electron chi connectivity index (χ3n) is 12.1. The molecule has 0 aliphatic carbocycles. The molecule has 3 fully saturated rings. The Morgan fingerprint density at radius 1 is 0.712 bits per heavy atom. The number of anilines is 4. The highest BCUT2D eigenvalue weighted by atomic mass is 19.4. The standard InChI is InChI=1S/C46H44F6N10O4/c1-60(2)33-15-17-61(18-16-33)43-54-22-26-19-30(7-13-37(26)58-43)56-41(63)39(65-35-9-3-28(4-10-35)45(47,48)49)40(66-36-11-5-29(6-12-36)46(50,51)52)42(64)57-31-8-14-38-27(20-31)23-55-44(59-38)62-25-32-21-34(62)24-53-32/h3-14,19-20,22-23,32-34,39-40,53H,15-18,21,24-25H2,1-2H3,(H,56,63)(H,57,64). The summed E-state index contributed by atoms with van der Waals surface area (Å²) >= 11 is 0. The third-order valence-corrected chi connectivity index (χ3v) is 12.1. The number of hydrogen-bond acceptors (Lipinski definition) is 12. The SMILES string of the molecule is CN(C)C1CCN(c2ncc3cc(NC(=O)C(Oc4ccc(C(F)(F)F)cc4)C(Oc4ccc(C(F)(F)F)cc4)C(=O)Nc4ccc5nc(N6CC7CC6CN7)ncc5c4)ccc3n2)CC1. The van der Waals surface area contributed by atoms with Gasteiger partial charge in [0, 0.05) is 78.8 Å². The number of piperidine rings is 1. The number of amides is 2. The lowest BCUT2D eigenvalue weighted by atomic mass is 10.0. The Hall–Kier alpha value is -6.80. The van der Waals surface area contributed by atoms with Crippen LogP contribution in [-0.2, 0) is 21.9 Å². The Balaban J connectivity index is 1.01. The van der Waals surface area contributed by atoms with Crippen molar-refractivity contribution < 1.29 is 45.4 Å². The molecule has 3 N–H and O–H groups in total. The van der Waals surface area contributed by atoms with Gasteiger partial charge in [0.15, 0.2) is 0 Å². The number of hydrogen-bond donors (Lipinski definition) is 3. The second-order valence-corrected chi connectivity index (χ2v) is 16.8. The Morgan fingerprint density at radius 2 is 1.20 bits per heavy atom. The highest BCUT2D eigenvalue weighted by Gasteiger charge is 2.41. The molecule has 0 spiro atoms. The van der Waals surface area contributed by atoms with Crippen molar-refractivity contribution in [3.05, 3.63) is 108 Å². The number of piperazine rings is 1. The van der Waals surface area contributed by atoms with Gasteiger partial charge in [0.25, 0.3) is 11.8 Å². The van der Waals surface area contributed by atoms with E-state index >= 15 is 0 Å². The minimum Gasteiger partial charge on any atom is -0.476 e. The summed E-state index contributed by atoms with van der Waals surface area (Å²) in [5.74, 6) is -1.31. The Labute approximate surface area is 374 Å². The Kier molecular flexibility index (Phi) is 12.0. The zero-order valence-corrected chi connectivity index (χ0v) is 35.6. The first-order valence-corrected chi connectivity index (χ1v) is 21.3. The number of carbonyl (C=O) groups is 2. The summed E-state index contributed by atoms with van der Waals surface area (Å²) in [5, 5.41) is 10.00. The quantitative estimate of drug-likeness (QED) is 0.107. The smallest absolute Gasteiger partial charge is 0.416 e. The van der Waals surface area contributed by atoms with Crippen LogP contribution in [0.25, 0.3) is 21.8 Å². The van der Waals surface area contributed by atoms with E-state index in [1.54, 1.807) is 48.8 Å². The molecule has 9 rings (SSSR count). The Bertz CT molecular complexity index is 2730. The van der Waals surface area contributed by atoms with Gasteiger partial charge in [0.2, 0.25) is 24.1 Å². The minimum atomic E-state index is -4.69. The molecule has 5 heterocycles. The molecule has 14 nitrogen and oxygen atoms in total. The first kappa shape index (κ1) is 44.4. The summed E-state index contributed by atoms with van der Waals surface area (Å²) in [4.78, 5) is 54.0. The van der Waals surface area contributed by atoms with Crippen molar-refractivity contribution in [2.24, 2.45) is 0 Å². The van der Waals surface area contributed by atoms with E-state index in [4.69, 9.17) is 19.4 Å². The van der Waals surface area contributed by atoms with Crippen molar-refractivity contribution in [2.75, 3.05) is 60.7 Å². The molecular formula is C46H44F6N10O4. The number of benzene rings is 4. The summed E-state index contributed by atoms with van der Waals surface area (Å²) in [6, 6.07) is 17.7. The lowest BCUT2D eigenvalue weighted by Crippen LogP contribution is -2.51. The van der Waals surface area contributed by atoms with Gasteiger partial charge in [-0.3, -0.25) is 9.59 Å². The van der Waals surface area contributed by atoms with Gasteiger partial charge in [-0.1, -0.05) is 0 Å². The van der Waals surface area contributed by atoms with Gasteiger partial charge in [0.05, 0.1) is 22.2 Å². The van der Waals surface area contributed by atoms with E-state index in [0.29, 0.717) is 45.8 Å². The highest BCUT2D eigenvalue weighted by molar-refractivity contribution is 6.04. The number of rotatable bonds is 12. The van der Waals surface area contributed by atoms with Crippen molar-refractivity contribution in [2.45, 2.75) is 61.9 Å². The first-order chi connectivity index (χ1) is 31.5. The van der Waals surface area contributed by atoms with Crippen LogP contribution >= 0.6 is 0 Å². The van der Waals surface area contributed by atoms with Crippen LogP contribution in [-0.4, -0.2) is 107 Å². The Morgan fingerprint density at radius 3 is 1.64 bits per heavy atom. The van der Waals surface area contributed by atoms with Crippen molar-refractivity contribution in [1.82, 2.24) is 30.2 Å². The molecule has 344 valence electrons. The molecule has 3 aliphatic heterocycles. The molecule has 66 heavy (non-hydrogen) atoms. The number of fused-ring (bicyclic) bond motifs is 4. The van der Waals surface area contributed by atoms with Gasteiger partial charge < -0.3 is 40.1 Å². The minimum absolute atomic E-state index is 0.220. The van der Waals surface area contributed by atoms with E-state index in [-0.39, 0.29) is 28.9 Å². The molecule has 2 amide bonds. The maximum atomic E-state index is 14.5. The van der Waals surface area contributed by atoms with Crippen molar-refractivity contribution in [3.8, 4) is 11.5 Å². The van der Waals surface area contributed by atoms with Crippen LogP contribution in [0, 0.1) is 0 Å². The maximum Gasteiger partial charge on any atom is 0.416 e. The van der Waals surface area contributed by atoms with Crippen molar-refractivity contribution >= 4 is 56.9 Å². The lowest BCUT2D eigenvalue weighted by molar-refractivity contribution is -0.138. The molecule has 20 heteroatoms. The summed E-state index contributed by atoms with van der Waals surface area (Å²) in [7, 11) is 4.11. The average Bonchev–Trinajstić information content (AvgIpc) is 3.94. The topological polar surface area (TPSA) is 150 Å². The summed E-state index contributed by atoms with van der Waals surface area (Å²) in [5.41, 5.74) is -0.372. The third kappa shape index (κ3) is 9.74. The van der Waals surface area contributed by atoms with E-state index in [0.717, 1.165) is 94.0 Å². The fourth-order valence-electron chi connectivity index (χ4n) is 8.55. The van der Waals surface area contributed by atoms with Crippen LogP contribution in [0.2, 0.25) is 0 Å². The molecule has 6 aromatic rings. The van der Waals surface area contributed by atoms with Gasteiger partial charge in [-0.25, -0.2) is 19.9 Å². The van der Waals surface area contributed by atoms with Crippen LogP contribution in [0.4, 0.5) is 49.6 Å². The molecule has 0 radical (unpaired) electrons. The normalized spacial score (nSPS) is 18.7. The second kappa shape index (κ2) is 17.9. The second-order valence-electron chi connectivity index (χ2n) is 16.8. The van der Waals surface area contributed by atoms with E-state index in [1.807, 2.05) is 0 Å². The van der Waals surface area contributed by atoms with Crippen LogP contribution in [0.15, 0.2) is 97.3 Å². The molecule has 3 saturated heterocycles. The number of nitrogens with zero attached hydrogens (tertiary/aromatic N) is 7. The number of carbonyl (C=O) groups excluding carboxylic acids is 2. The van der Waals surface area contributed by atoms with Gasteiger partial charge in [-0.05, 0) is 118 Å². The molecule has 0 saturated carbocycles. The monoisotopic (exact) mass is 914 g/mol. The number of ether oxygens (including phenoxy) is 2. The zero-order chi connectivity index (χ0) is 46.3. The van der Waals surface area contributed by atoms with E-state index in [9.17, 15) is 35.9 Å². The molecular weight excluding hydrogens is 871 g/mol. The van der Waals surface area contributed by atoms with Crippen molar-refractivity contribution in [1.29, 1.82) is 0 Å². The number of alkyl halides is 6. The highest BCUT2D eigenvalue weighted by Crippen LogP contribution is 2.34. The predicted octanol–water partition coefficient (Wildman–Crippen LogP) is 7.16. The number of nitrogens with one attached hydrogen (secondary N) is 3. The molecule has 4 unspecified atom stereocenters. The molecule has 2 aromatic heterocycles. The molecule has 2 bridgehead atoms. The van der Waals surface area contributed by atoms with Gasteiger partial charge in [-0.15, -0.1) is 0 Å². The summed E-state index contributed by atoms with van der Waals surface area (Å²) < 4.78 is 93.4. The zero-order valence-electron chi connectivity index (χ0n) is 35.6. The number of halogens is 6. The first-order valence-electron chi connectivity index (χ1n) is 21.3. The molecule has 4 aromatic carbocycles. The van der Waals surface area contributed by atoms with Gasteiger partial charge in [0.1, 0.15) is 11.5 Å². The number of aromatic nitrogens is 4. The molecule has 3 aliphatic rings. The van der Waals surface area contributed by atoms with Crippen LogP contribution in [0.1, 0.15) is 30.4 Å². The average molecular weight is 915 g/mol. The van der Waals surface area contributed by atoms with E-state index in [2.05, 4.69) is 54.7 Å². The van der Waals surface area contributed by atoms with Crippen LogP contribution in [0.5, 0.6) is 11.5 Å². The van der Waals surface area contributed by atoms with Crippen molar-refractivity contribution in [3.63, 3.8) is 0 Å².